The molecule has 0 aromatic heterocycles. The van der Waals surface area contributed by atoms with Crippen molar-refractivity contribution >= 4 is 0 Å². The molecule has 3 nitrogen and oxygen atoms in total. The number of rotatable bonds is 2. The van der Waals surface area contributed by atoms with Crippen molar-refractivity contribution in [2.75, 3.05) is 0 Å². The summed E-state index contributed by atoms with van der Waals surface area (Å²) in [5.41, 5.74) is 6.01. The van der Waals surface area contributed by atoms with Gasteiger partial charge in [-0.1, -0.05) is 20.3 Å². The molecule has 2 aliphatic carbocycles. The summed E-state index contributed by atoms with van der Waals surface area (Å²) in [6.45, 7) is 4.28. The van der Waals surface area contributed by atoms with E-state index in [1.807, 2.05) is 0 Å². The Kier molecular flexibility index (Phi) is 3.06. The minimum Gasteiger partial charge on any atom is -0.392 e. The van der Waals surface area contributed by atoms with E-state index in [2.05, 4.69) is 19.2 Å². The van der Waals surface area contributed by atoms with Gasteiger partial charge in [0, 0.05) is 23.5 Å². The fraction of sp³-hybridized carbons (Fsp3) is 1.00. The van der Waals surface area contributed by atoms with Crippen molar-refractivity contribution in [2.24, 2.45) is 11.1 Å². The van der Waals surface area contributed by atoms with Gasteiger partial charge >= 0.3 is 0 Å². The van der Waals surface area contributed by atoms with E-state index >= 15 is 0 Å². The highest BCUT2D eigenvalue weighted by molar-refractivity contribution is 5.03. The van der Waals surface area contributed by atoms with Gasteiger partial charge in [0.25, 0.3) is 0 Å². The van der Waals surface area contributed by atoms with Crippen molar-refractivity contribution in [3.05, 3.63) is 0 Å². The third-order valence-corrected chi connectivity index (χ3v) is 4.37. The van der Waals surface area contributed by atoms with Crippen molar-refractivity contribution in [3.8, 4) is 0 Å². The minimum atomic E-state index is -0.132. The lowest BCUT2D eigenvalue weighted by molar-refractivity contribution is -0.0771. The van der Waals surface area contributed by atoms with Crippen molar-refractivity contribution in [2.45, 2.75) is 70.2 Å². The predicted molar refractivity (Wildman–Crippen MR) is 61.6 cm³/mol. The zero-order chi connectivity index (χ0) is 11.1. The number of aliphatic hydroxyl groups is 1. The molecule has 0 aromatic rings. The number of nitrogens with two attached hydrogens (primary N) is 1. The number of hydrogen-bond donors (Lipinski definition) is 3. The molecule has 88 valence electrons. The lowest BCUT2D eigenvalue weighted by Gasteiger charge is -2.51. The average Bonchev–Trinajstić information content (AvgIpc) is 2.17. The van der Waals surface area contributed by atoms with Crippen LogP contribution in [-0.4, -0.2) is 29.3 Å². The van der Waals surface area contributed by atoms with Crippen molar-refractivity contribution in [1.82, 2.24) is 5.32 Å². The molecular formula is C12H24N2O. The van der Waals surface area contributed by atoms with Gasteiger partial charge in [0.05, 0.1) is 6.10 Å². The highest BCUT2D eigenvalue weighted by Crippen LogP contribution is 2.41. The topological polar surface area (TPSA) is 58.3 Å². The molecule has 2 rings (SSSR count). The maximum Gasteiger partial charge on any atom is 0.0621 e. The van der Waals surface area contributed by atoms with Crippen LogP contribution in [0.5, 0.6) is 0 Å². The van der Waals surface area contributed by atoms with Crippen molar-refractivity contribution in [3.63, 3.8) is 0 Å². The smallest absolute Gasteiger partial charge is 0.0621 e. The van der Waals surface area contributed by atoms with Crippen LogP contribution < -0.4 is 11.1 Å². The Hall–Kier alpha value is -0.120. The van der Waals surface area contributed by atoms with E-state index in [1.54, 1.807) is 0 Å². The highest BCUT2D eigenvalue weighted by Gasteiger charge is 2.47. The van der Waals surface area contributed by atoms with E-state index in [0.29, 0.717) is 18.1 Å². The summed E-state index contributed by atoms with van der Waals surface area (Å²) in [5.74, 6) is 0. The molecule has 4 N–H and O–H groups in total. The molecule has 2 aliphatic rings. The summed E-state index contributed by atoms with van der Waals surface area (Å²) in [6.07, 6.45) is 5.54. The van der Waals surface area contributed by atoms with Crippen LogP contribution in [0, 0.1) is 5.41 Å². The number of nitrogens with one attached hydrogen (secondary N) is 1. The fourth-order valence-electron chi connectivity index (χ4n) is 2.85. The van der Waals surface area contributed by atoms with E-state index in [4.69, 9.17) is 5.73 Å². The molecule has 0 spiro atoms. The largest absolute Gasteiger partial charge is 0.392 e. The van der Waals surface area contributed by atoms with Gasteiger partial charge in [-0.15, -0.1) is 0 Å². The molecule has 2 saturated carbocycles. The molecular weight excluding hydrogens is 188 g/mol. The molecule has 15 heavy (non-hydrogen) atoms. The molecule has 4 atom stereocenters. The number of hydrogen-bond acceptors (Lipinski definition) is 3. The summed E-state index contributed by atoms with van der Waals surface area (Å²) >= 11 is 0. The van der Waals surface area contributed by atoms with E-state index in [9.17, 15) is 5.11 Å². The van der Waals surface area contributed by atoms with Crippen LogP contribution in [0.25, 0.3) is 0 Å². The summed E-state index contributed by atoms with van der Waals surface area (Å²) in [6, 6.07) is 1.43. The molecule has 2 fully saturated rings. The van der Waals surface area contributed by atoms with Crippen LogP contribution in [0.1, 0.15) is 46.0 Å². The second kappa shape index (κ2) is 4.04. The first-order valence-corrected chi connectivity index (χ1v) is 6.20. The Morgan fingerprint density at radius 3 is 2.53 bits per heavy atom. The Morgan fingerprint density at radius 2 is 2.00 bits per heavy atom. The highest BCUT2D eigenvalue weighted by atomic mass is 16.3. The quantitative estimate of drug-likeness (QED) is 0.640. The average molecular weight is 212 g/mol. The number of aliphatic hydroxyl groups excluding tert-OH is 1. The summed E-state index contributed by atoms with van der Waals surface area (Å²) in [5, 5.41) is 13.3. The molecule has 0 aliphatic heterocycles. The molecule has 0 bridgehead atoms. The SMILES string of the molecule is CC1(C)C(O)CC1NC1CCCC(N)C1. The normalized spacial score (nSPS) is 44.8. The van der Waals surface area contributed by atoms with Gasteiger partial charge in [0.15, 0.2) is 0 Å². The van der Waals surface area contributed by atoms with Gasteiger partial charge in [-0.25, -0.2) is 0 Å². The second-order valence-corrected chi connectivity index (χ2v) is 5.92. The first-order chi connectivity index (χ1) is 7.00. The molecule has 0 amide bonds. The summed E-state index contributed by atoms with van der Waals surface area (Å²) in [7, 11) is 0. The van der Waals surface area contributed by atoms with E-state index in [0.717, 1.165) is 12.8 Å². The van der Waals surface area contributed by atoms with Crippen molar-refractivity contribution < 1.29 is 5.11 Å². The van der Waals surface area contributed by atoms with Crippen LogP contribution >= 0.6 is 0 Å². The van der Waals surface area contributed by atoms with Crippen LogP contribution in [0.3, 0.4) is 0 Å². The van der Waals surface area contributed by atoms with Gasteiger partial charge in [-0.3, -0.25) is 0 Å². The lowest BCUT2D eigenvalue weighted by atomic mass is 9.64. The summed E-state index contributed by atoms with van der Waals surface area (Å²) in [4.78, 5) is 0. The first kappa shape index (κ1) is 11.4. The Bertz CT molecular complexity index is 230. The monoisotopic (exact) mass is 212 g/mol. The van der Waals surface area contributed by atoms with Gasteiger partial charge in [0.1, 0.15) is 0 Å². The van der Waals surface area contributed by atoms with E-state index < -0.39 is 0 Å². The van der Waals surface area contributed by atoms with Gasteiger partial charge < -0.3 is 16.2 Å². The van der Waals surface area contributed by atoms with Crippen LogP contribution in [0.2, 0.25) is 0 Å². The van der Waals surface area contributed by atoms with Gasteiger partial charge in [0.2, 0.25) is 0 Å². The molecule has 0 radical (unpaired) electrons. The molecule has 4 unspecified atom stereocenters. The summed E-state index contributed by atoms with van der Waals surface area (Å²) < 4.78 is 0. The van der Waals surface area contributed by atoms with Gasteiger partial charge in [-0.05, 0) is 25.7 Å². The van der Waals surface area contributed by atoms with Gasteiger partial charge in [-0.2, -0.15) is 0 Å². The van der Waals surface area contributed by atoms with Crippen LogP contribution in [0.4, 0.5) is 0 Å². The molecule has 0 saturated heterocycles. The zero-order valence-corrected chi connectivity index (χ0v) is 9.87. The Labute approximate surface area is 92.4 Å². The predicted octanol–water partition coefficient (Wildman–Crippen LogP) is 1.01. The third kappa shape index (κ3) is 2.19. The van der Waals surface area contributed by atoms with Crippen molar-refractivity contribution in [1.29, 1.82) is 0 Å². The molecule has 3 heteroatoms. The maximum atomic E-state index is 9.66. The Morgan fingerprint density at radius 1 is 1.27 bits per heavy atom. The third-order valence-electron chi connectivity index (χ3n) is 4.37. The molecule has 0 aromatic carbocycles. The van der Waals surface area contributed by atoms with Crippen LogP contribution in [-0.2, 0) is 0 Å². The fourth-order valence-corrected chi connectivity index (χ4v) is 2.85. The first-order valence-electron chi connectivity index (χ1n) is 6.20. The minimum absolute atomic E-state index is 0.0432. The van der Waals surface area contributed by atoms with E-state index in [-0.39, 0.29) is 11.5 Å². The molecule has 0 heterocycles. The zero-order valence-electron chi connectivity index (χ0n) is 9.87. The lowest BCUT2D eigenvalue weighted by Crippen LogP contribution is -2.62. The maximum absolute atomic E-state index is 9.66. The standard InChI is InChI=1S/C12H24N2O/c1-12(2)10(7-11(12)15)14-9-5-3-4-8(13)6-9/h8-11,14-15H,3-7,13H2,1-2H3. The van der Waals surface area contributed by atoms with E-state index in [1.165, 1.54) is 19.3 Å². The van der Waals surface area contributed by atoms with Crippen LogP contribution in [0.15, 0.2) is 0 Å². The second-order valence-electron chi connectivity index (χ2n) is 5.92. The Balaban J connectivity index is 1.82.